The van der Waals surface area contributed by atoms with Gasteiger partial charge in [-0.05, 0) is 51.8 Å². The van der Waals surface area contributed by atoms with Gasteiger partial charge in [-0.2, -0.15) is 0 Å². The molecule has 1 saturated carbocycles. The Morgan fingerprint density at radius 2 is 1.85 bits per heavy atom. The van der Waals surface area contributed by atoms with Gasteiger partial charge in [-0.15, -0.1) is 0 Å². The second-order valence-electron chi connectivity index (χ2n) is 7.29. The number of aryl methyl sites for hydroxylation is 2. The number of rotatable bonds is 4. The highest BCUT2D eigenvalue weighted by molar-refractivity contribution is 6.08. The standard InChI is InChI=1S/C21H27N3O2/c1-4-22-20(26)21(10-6-5-7-11-21)24-19(25)17-13-15(3)23-18-9-8-14(2)12-16(17)18/h8-9,12-13H,4-7,10-11H2,1-3H3,(H,22,26)(H,24,25). The molecule has 0 aliphatic heterocycles. The third-order valence-corrected chi connectivity index (χ3v) is 5.17. The lowest BCUT2D eigenvalue weighted by atomic mass is 9.80. The molecular weight excluding hydrogens is 326 g/mol. The number of carbonyl (C=O) groups is 2. The smallest absolute Gasteiger partial charge is 0.252 e. The van der Waals surface area contributed by atoms with E-state index in [9.17, 15) is 9.59 Å². The fraction of sp³-hybridized carbons (Fsp3) is 0.476. The Labute approximate surface area is 154 Å². The molecule has 1 aromatic heterocycles. The first kappa shape index (κ1) is 18.4. The summed E-state index contributed by atoms with van der Waals surface area (Å²) in [6, 6.07) is 7.73. The van der Waals surface area contributed by atoms with Crippen LogP contribution in [0.25, 0.3) is 10.9 Å². The average Bonchev–Trinajstić information content (AvgIpc) is 2.62. The van der Waals surface area contributed by atoms with Crippen molar-refractivity contribution < 1.29 is 9.59 Å². The Morgan fingerprint density at radius 1 is 1.12 bits per heavy atom. The van der Waals surface area contributed by atoms with E-state index in [-0.39, 0.29) is 11.8 Å². The molecule has 138 valence electrons. The van der Waals surface area contributed by atoms with Gasteiger partial charge >= 0.3 is 0 Å². The van der Waals surface area contributed by atoms with Gasteiger partial charge in [-0.3, -0.25) is 14.6 Å². The fourth-order valence-electron chi connectivity index (χ4n) is 3.84. The second-order valence-corrected chi connectivity index (χ2v) is 7.29. The van der Waals surface area contributed by atoms with Crippen molar-refractivity contribution in [1.82, 2.24) is 15.6 Å². The molecule has 0 unspecified atom stereocenters. The Morgan fingerprint density at radius 3 is 2.54 bits per heavy atom. The van der Waals surface area contributed by atoms with Gasteiger partial charge in [0.25, 0.3) is 5.91 Å². The van der Waals surface area contributed by atoms with Crippen molar-refractivity contribution in [3.05, 3.63) is 41.1 Å². The molecular formula is C21H27N3O2. The number of nitrogens with zero attached hydrogens (tertiary/aromatic N) is 1. The molecule has 26 heavy (non-hydrogen) atoms. The summed E-state index contributed by atoms with van der Waals surface area (Å²) >= 11 is 0. The van der Waals surface area contributed by atoms with E-state index in [1.807, 2.05) is 45.0 Å². The van der Waals surface area contributed by atoms with Crippen LogP contribution in [0, 0.1) is 13.8 Å². The van der Waals surface area contributed by atoms with Gasteiger partial charge in [-0.1, -0.05) is 30.9 Å². The van der Waals surface area contributed by atoms with E-state index in [1.165, 1.54) is 0 Å². The zero-order valence-electron chi connectivity index (χ0n) is 15.8. The third-order valence-electron chi connectivity index (χ3n) is 5.17. The number of benzene rings is 1. The van der Waals surface area contributed by atoms with E-state index in [1.54, 1.807) is 0 Å². The first-order chi connectivity index (χ1) is 12.4. The van der Waals surface area contributed by atoms with Crippen LogP contribution >= 0.6 is 0 Å². The number of hydrogen-bond donors (Lipinski definition) is 2. The van der Waals surface area contributed by atoms with Crippen molar-refractivity contribution in [1.29, 1.82) is 0 Å². The van der Waals surface area contributed by atoms with E-state index < -0.39 is 5.54 Å². The van der Waals surface area contributed by atoms with Crippen molar-refractivity contribution in [3.63, 3.8) is 0 Å². The molecule has 5 nitrogen and oxygen atoms in total. The average molecular weight is 353 g/mol. The minimum absolute atomic E-state index is 0.0701. The molecule has 1 heterocycles. The number of pyridine rings is 1. The topological polar surface area (TPSA) is 71.1 Å². The van der Waals surface area contributed by atoms with Crippen molar-refractivity contribution in [2.75, 3.05) is 6.54 Å². The lowest BCUT2D eigenvalue weighted by molar-refractivity contribution is -0.128. The first-order valence-electron chi connectivity index (χ1n) is 9.44. The minimum atomic E-state index is -0.807. The van der Waals surface area contributed by atoms with Gasteiger partial charge in [-0.25, -0.2) is 0 Å². The second kappa shape index (κ2) is 7.44. The predicted molar refractivity (Wildman–Crippen MR) is 103 cm³/mol. The largest absolute Gasteiger partial charge is 0.354 e. The van der Waals surface area contributed by atoms with E-state index in [4.69, 9.17) is 0 Å². The molecule has 0 radical (unpaired) electrons. The molecule has 1 fully saturated rings. The summed E-state index contributed by atoms with van der Waals surface area (Å²) < 4.78 is 0. The highest BCUT2D eigenvalue weighted by Crippen LogP contribution is 2.30. The highest BCUT2D eigenvalue weighted by atomic mass is 16.2. The van der Waals surface area contributed by atoms with Gasteiger partial charge in [0.1, 0.15) is 5.54 Å². The summed E-state index contributed by atoms with van der Waals surface area (Å²) in [6.45, 7) is 6.35. The van der Waals surface area contributed by atoms with Crippen LogP contribution < -0.4 is 10.6 Å². The number of amides is 2. The summed E-state index contributed by atoms with van der Waals surface area (Å²) in [6.07, 6.45) is 4.38. The molecule has 1 aromatic carbocycles. The van der Waals surface area contributed by atoms with E-state index in [0.717, 1.165) is 41.4 Å². The zero-order valence-corrected chi connectivity index (χ0v) is 15.8. The van der Waals surface area contributed by atoms with Crippen molar-refractivity contribution in [3.8, 4) is 0 Å². The summed E-state index contributed by atoms with van der Waals surface area (Å²) in [5, 5.41) is 6.83. The quantitative estimate of drug-likeness (QED) is 0.885. The molecule has 1 aliphatic rings. The maximum absolute atomic E-state index is 13.2. The maximum Gasteiger partial charge on any atom is 0.252 e. The lowest BCUT2D eigenvalue weighted by Gasteiger charge is -2.36. The van der Waals surface area contributed by atoms with Crippen LogP contribution in [-0.2, 0) is 4.79 Å². The van der Waals surface area contributed by atoms with Gasteiger partial charge in [0, 0.05) is 17.6 Å². The van der Waals surface area contributed by atoms with E-state index in [0.29, 0.717) is 24.9 Å². The number of carbonyl (C=O) groups excluding carboxylic acids is 2. The van der Waals surface area contributed by atoms with Crippen LogP contribution in [0.4, 0.5) is 0 Å². The van der Waals surface area contributed by atoms with Crippen LogP contribution in [-0.4, -0.2) is 28.9 Å². The molecule has 0 bridgehead atoms. The van der Waals surface area contributed by atoms with Gasteiger partial charge in [0.15, 0.2) is 0 Å². The Balaban J connectivity index is 1.99. The molecule has 3 rings (SSSR count). The Hall–Kier alpha value is -2.43. The van der Waals surface area contributed by atoms with E-state index >= 15 is 0 Å². The van der Waals surface area contributed by atoms with E-state index in [2.05, 4.69) is 15.6 Å². The SMILES string of the molecule is CCNC(=O)C1(NC(=O)c2cc(C)nc3ccc(C)cc23)CCCCC1. The van der Waals surface area contributed by atoms with Crippen LogP contribution in [0.3, 0.4) is 0 Å². The Kier molecular flexibility index (Phi) is 5.25. The summed E-state index contributed by atoms with van der Waals surface area (Å²) in [5.41, 5.74) is 2.45. The highest BCUT2D eigenvalue weighted by Gasteiger charge is 2.40. The molecule has 2 amide bonds. The number of nitrogens with one attached hydrogen (secondary N) is 2. The molecule has 0 spiro atoms. The molecule has 5 heteroatoms. The zero-order chi connectivity index (χ0) is 18.7. The third kappa shape index (κ3) is 3.57. The lowest BCUT2D eigenvalue weighted by Crippen LogP contribution is -2.59. The number of hydrogen-bond acceptors (Lipinski definition) is 3. The monoisotopic (exact) mass is 353 g/mol. The van der Waals surface area contributed by atoms with Crippen molar-refractivity contribution in [2.45, 2.75) is 58.4 Å². The van der Waals surface area contributed by atoms with Crippen LogP contribution in [0.2, 0.25) is 0 Å². The molecule has 0 saturated heterocycles. The molecule has 1 aliphatic carbocycles. The van der Waals surface area contributed by atoms with Gasteiger partial charge in [0.05, 0.1) is 11.1 Å². The minimum Gasteiger partial charge on any atom is -0.354 e. The van der Waals surface area contributed by atoms with Crippen LogP contribution in [0.1, 0.15) is 60.6 Å². The van der Waals surface area contributed by atoms with Gasteiger partial charge < -0.3 is 10.6 Å². The molecule has 0 atom stereocenters. The van der Waals surface area contributed by atoms with Crippen LogP contribution in [0.15, 0.2) is 24.3 Å². The normalized spacial score (nSPS) is 16.3. The van der Waals surface area contributed by atoms with Crippen molar-refractivity contribution in [2.24, 2.45) is 0 Å². The number of fused-ring (bicyclic) bond motifs is 1. The Bertz CT molecular complexity index is 839. The number of aromatic nitrogens is 1. The number of likely N-dealkylation sites (N-methyl/N-ethyl adjacent to an activating group) is 1. The summed E-state index contributed by atoms with van der Waals surface area (Å²) in [4.78, 5) is 30.4. The summed E-state index contributed by atoms with van der Waals surface area (Å²) in [5.74, 6) is -0.265. The van der Waals surface area contributed by atoms with Crippen molar-refractivity contribution >= 4 is 22.7 Å². The van der Waals surface area contributed by atoms with Gasteiger partial charge in [0.2, 0.25) is 5.91 Å². The maximum atomic E-state index is 13.2. The first-order valence-corrected chi connectivity index (χ1v) is 9.44. The predicted octanol–water partition coefficient (Wildman–Crippen LogP) is 3.42. The van der Waals surface area contributed by atoms with Crippen LogP contribution in [0.5, 0.6) is 0 Å². The fourth-order valence-corrected chi connectivity index (χ4v) is 3.84. The summed E-state index contributed by atoms with van der Waals surface area (Å²) in [7, 11) is 0. The molecule has 2 N–H and O–H groups in total. The molecule has 2 aromatic rings.